The largest absolute Gasteiger partial charge is 0.368 e. The Morgan fingerprint density at radius 2 is 2.22 bits per heavy atom. The number of aromatic nitrogens is 3. The number of nitrogens with one attached hydrogen (secondary N) is 1. The van der Waals surface area contributed by atoms with E-state index in [1.165, 1.54) is 12.5 Å². The molecule has 0 amide bonds. The van der Waals surface area contributed by atoms with Gasteiger partial charge in [0.1, 0.15) is 5.82 Å². The van der Waals surface area contributed by atoms with Crippen molar-refractivity contribution in [2.75, 3.05) is 29.9 Å². The molecular weight excluding hydrogens is 293 g/mol. The molecule has 3 rings (SSSR count). The van der Waals surface area contributed by atoms with Gasteiger partial charge in [-0.25, -0.2) is 4.39 Å². The molecule has 23 heavy (non-hydrogen) atoms. The Labute approximate surface area is 136 Å². The summed E-state index contributed by atoms with van der Waals surface area (Å²) in [5, 5.41) is 11.4. The second kappa shape index (κ2) is 7.35. The Morgan fingerprint density at radius 3 is 3.04 bits per heavy atom. The van der Waals surface area contributed by atoms with Crippen LogP contribution in [0, 0.1) is 11.7 Å². The van der Waals surface area contributed by atoms with Gasteiger partial charge in [-0.1, -0.05) is 25.1 Å². The number of piperidine rings is 1. The van der Waals surface area contributed by atoms with Crippen molar-refractivity contribution in [3.8, 4) is 0 Å². The fraction of sp³-hybridized carbons (Fsp3) is 0.471. The van der Waals surface area contributed by atoms with Crippen LogP contribution in [-0.4, -0.2) is 34.8 Å². The zero-order chi connectivity index (χ0) is 16.1. The predicted molar refractivity (Wildman–Crippen MR) is 89.0 cm³/mol. The molecule has 2 heterocycles. The molecule has 1 atom stereocenters. The SMILES string of the molecule is CC1CCCN(c2nncc(NCCc3ccccc3F)n2)C1. The smallest absolute Gasteiger partial charge is 0.247 e. The average Bonchev–Trinajstić information content (AvgIpc) is 2.57. The zero-order valence-electron chi connectivity index (χ0n) is 13.4. The first-order chi connectivity index (χ1) is 11.2. The van der Waals surface area contributed by atoms with Crippen molar-refractivity contribution in [1.82, 2.24) is 15.2 Å². The number of nitrogens with zero attached hydrogens (tertiary/aromatic N) is 4. The van der Waals surface area contributed by atoms with Gasteiger partial charge in [0.05, 0.1) is 6.20 Å². The highest BCUT2D eigenvalue weighted by atomic mass is 19.1. The molecule has 0 saturated carbocycles. The summed E-state index contributed by atoms with van der Waals surface area (Å²) in [5.74, 6) is 1.85. The maximum atomic E-state index is 13.6. The summed E-state index contributed by atoms with van der Waals surface area (Å²) in [4.78, 5) is 6.72. The first-order valence-electron chi connectivity index (χ1n) is 8.14. The molecule has 0 radical (unpaired) electrons. The van der Waals surface area contributed by atoms with Crippen molar-refractivity contribution in [3.05, 3.63) is 41.8 Å². The van der Waals surface area contributed by atoms with Crippen LogP contribution in [0.25, 0.3) is 0 Å². The number of hydrogen-bond acceptors (Lipinski definition) is 5. The Hall–Kier alpha value is -2.24. The molecule has 1 N–H and O–H groups in total. The van der Waals surface area contributed by atoms with Crippen molar-refractivity contribution in [1.29, 1.82) is 0 Å². The molecule has 5 nitrogen and oxygen atoms in total. The van der Waals surface area contributed by atoms with E-state index >= 15 is 0 Å². The summed E-state index contributed by atoms with van der Waals surface area (Å²) in [5.41, 5.74) is 0.701. The van der Waals surface area contributed by atoms with Gasteiger partial charge >= 0.3 is 0 Å². The van der Waals surface area contributed by atoms with Crippen molar-refractivity contribution in [2.24, 2.45) is 5.92 Å². The van der Waals surface area contributed by atoms with E-state index in [1.807, 2.05) is 6.07 Å². The van der Waals surface area contributed by atoms with E-state index < -0.39 is 0 Å². The third kappa shape index (κ3) is 4.15. The van der Waals surface area contributed by atoms with Gasteiger partial charge in [0.25, 0.3) is 0 Å². The van der Waals surface area contributed by atoms with Gasteiger partial charge in [0, 0.05) is 19.6 Å². The van der Waals surface area contributed by atoms with Crippen molar-refractivity contribution < 1.29 is 4.39 Å². The minimum absolute atomic E-state index is 0.168. The van der Waals surface area contributed by atoms with E-state index in [0.29, 0.717) is 36.2 Å². The maximum Gasteiger partial charge on any atom is 0.247 e. The lowest BCUT2D eigenvalue weighted by Crippen LogP contribution is -2.35. The Bertz CT molecular complexity index is 648. The van der Waals surface area contributed by atoms with Crippen LogP contribution in [0.4, 0.5) is 16.2 Å². The summed E-state index contributed by atoms with van der Waals surface area (Å²) >= 11 is 0. The van der Waals surface area contributed by atoms with Gasteiger partial charge in [-0.15, -0.1) is 5.10 Å². The van der Waals surface area contributed by atoms with Crippen molar-refractivity contribution in [3.63, 3.8) is 0 Å². The zero-order valence-corrected chi connectivity index (χ0v) is 13.4. The molecule has 1 fully saturated rings. The van der Waals surface area contributed by atoms with Crippen LogP contribution in [0.2, 0.25) is 0 Å². The molecule has 1 aromatic carbocycles. The van der Waals surface area contributed by atoms with Crippen LogP contribution in [0.1, 0.15) is 25.3 Å². The molecule has 0 spiro atoms. The molecule has 1 aliphatic rings. The van der Waals surface area contributed by atoms with Crippen LogP contribution in [-0.2, 0) is 6.42 Å². The first-order valence-corrected chi connectivity index (χ1v) is 8.14. The lowest BCUT2D eigenvalue weighted by Gasteiger charge is -2.30. The lowest BCUT2D eigenvalue weighted by molar-refractivity contribution is 0.441. The summed E-state index contributed by atoms with van der Waals surface area (Å²) in [6, 6.07) is 6.83. The molecule has 2 aromatic rings. The third-order valence-electron chi connectivity index (χ3n) is 4.15. The van der Waals surface area contributed by atoms with Crippen LogP contribution in [0.3, 0.4) is 0 Å². The summed E-state index contributed by atoms with van der Waals surface area (Å²) in [6.07, 6.45) is 4.63. The molecular formula is C17H22FN5. The van der Waals surface area contributed by atoms with Crippen LogP contribution < -0.4 is 10.2 Å². The Balaban J connectivity index is 1.58. The van der Waals surface area contributed by atoms with Gasteiger partial charge in [-0.2, -0.15) is 10.1 Å². The quantitative estimate of drug-likeness (QED) is 0.919. The van der Waals surface area contributed by atoms with Crippen molar-refractivity contribution in [2.45, 2.75) is 26.2 Å². The molecule has 122 valence electrons. The minimum Gasteiger partial charge on any atom is -0.368 e. The van der Waals surface area contributed by atoms with E-state index in [4.69, 9.17) is 0 Å². The number of halogens is 1. The number of benzene rings is 1. The molecule has 1 unspecified atom stereocenters. The normalized spacial score (nSPS) is 18.0. The highest BCUT2D eigenvalue weighted by Gasteiger charge is 2.19. The monoisotopic (exact) mass is 315 g/mol. The third-order valence-corrected chi connectivity index (χ3v) is 4.15. The molecule has 6 heteroatoms. The lowest BCUT2D eigenvalue weighted by atomic mass is 10.0. The number of anilines is 2. The minimum atomic E-state index is -0.168. The van der Waals surface area contributed by atoms with Crippen LogP contribution in [0.5, 0.6) is 0 Å². The van der Waals surface area contributed by atoms with E-state index in [0.717, 1.165) is 19.5 Å². The number of rotatable bonds is 5. The Morgan fingerprint density at radius 1 is 1.35 bits per heavy atom. The second-order valence-electron chi connectivity index (χ2n) is 6.10. The standard InChI is InChI=1S/C17H22FN5/c1-13-5-4-10-23(12-13)17-21-16(11-20-22-17)19-9-8-14-6-2-3-7-15(14)18/h2-3,6-7,11,13H,4-5,8-10,12H2,1H3,(H,19,21,22). The van der Waals surface area contributed by atoms with E-state index in [2.05, 4.69) is 32.3 Å². The maximum absolute atomic E-state index is 13.6. The molecule has 1 aliphatic heterocycles. The van der Waals surface area contributed by atoms with Gasteiger partial charge in [-0.3, -0.25) is 0 Å². The van der Waals surface area contributed by atoms with Gasteiger partial charge in [-0.05, 0) is 36.8 Å². The summed E-state index contributed by atoms with van der Waals surface area (Å²) in [7, 11) is 0. The van der Waals surface area contributed by atoms with Crippen LogP contribution >= 0.6 is 0 Å². The van der Waals surface area contributed by atoms with Gasteiger partial charge in [0.2, 0.25) is 5.95 Å². The summed E-state index contributed by atoms with van der Waals surface area (Å²) < 4.78 is 13.6. The van der Waals surface area contributed by atoms with E-state index in [1.54, 1.807) is 18.3 Å². The predicted octanol–water partition coefficient (Wildman–Crippen LogP) is 2.90. The second-order valence-corrected chi connectivity index (χ2v) is 6.10. The average molecular weight is 315 g/mol. The highest BCUT2D eigenvalue weighted by Crippen LogP contribution is 2.20. The summed E-state index contributed by atoms with van der Waals surface area (Å²) in [6.45, 7) is 4.80. The molecule has 0 bridgehead atoms. The Kier molecular flexibility index (Phi) is 5.00. The topological polar surface area (TPSA) is 53.9 Å². The van der Waals surface area contributed by atoms with Crippen LogP contribution in [0.15, 0.2) is 30.5 Å². The van der Waals surface area contributed by atoms with Crippen molar-refractivity contribution >= 4 is 11.8 Å². The first kappa shape index (κ1) is 15.6. The molecule has 1 aromatic heterocycles. The molecule has 0 aliphatic carbocycles. The fourth-order valence-corrected chi connectivity index (χ4v) is 2.91. The van der Waals surface area contributed by atoms with E-state index in [9.17, 15) is 4.39 Å². The van der Waals surface area contributed by atoms with Gasteiger partial charge < -0.3 is 10.2 Å². The highest BCUT2D eigenvalue weighted by molar-refractivity contribution is 5.39. The van der Waals surface area contributed by atoms with E-state index in [-0.39, 0.29) is 5.82 Å². The number of hydrogen-bond donors (Lipinski definition) is 1. The fourth-order valence-electron chi connectivity index (χ4n) is 2.91. The van der Waals surface area contributed by atoms with Gasteiger partial charge in [0.15, 0.2) is 5.82 Å². The molecule has 1 saturated heterocycles.